The van der Waals surface area contributed by atoms with Crippen molar-refractivity contribution < 1.29 is 9.21 Å². The van der Waals surface area contributed by atoms with Crippen LogP contribution in [0.4, 0.5) is 0 Å². The lowest BCUT2D eigenvalue weighted by Crippen LogP contribution is -2.32. The van der Waals surface area contributed by atoms with Gasteiger partial charge in [-0.15, -0.1) is 5.10 Å². The Kier molecular flexibility index (Phi) is 6.27. The van der Waals surface area contributed by atoms with E-state index >= 15 is 0 Å². The molecule has 1 amide bonds. The van der Waals surface area contributed by atoms with Gasteiger partial charge in [-0.3, -0.25) is 4.79 Å². The summed E-state index contributed by atoms with van der Waals surface area (Å²) in [5.41, 5.74) is 1.47. The van der Waals surface area contributed by atoms with Crippen LogP contribution >= 0.6 is 11.8 Å². The molecule has 134 valence electrons. The Morgan fingerprint density at radius 1 is 1.48 bits per heavy atom. The number of rotatable bonds is 8. The number of carbonyl (C=O) groups is 1. The molecule has 0 fully saturated rings. The van der Waals surface area contributed by atoms with Gasteiger partial charge in [0.15, 0.2) is 0 Å². The van der Waals surface area contributed by atoms with Crippen molar-refractivity contribution in [1.29, 1.82) is 0 Å². The standard InChI is InChI=1S/C17H23N5O2S/c1-13(16(23)18-10-9-14-6-3-2-4-7-14)25-17-19-20-21-22(17)12-15-8-5-11-24-15/h5-6,8,11,13H,2-4,7,9-10,12H2,1H3,(H,18,23). The van der Waals surface area contributed by atoms with Gasteiger partial charge in [-0.2, -0.15) is 0 Å². The Labute approximate surface area is 151 Å². The molecule has 8 heteroatoms. The van der Waals surface area contributed by atoms with Gasteiger partial charge in [0, 0.05) is 6.54 Å². The topological polar surface area (TPSA) is 85.8 Å². The molecule has 0 bridgehead atoms. The van der Waals surface area contributed by atoms with Crippen LogP contribution < -0.4 is 5.32 Å². The van der Waals surface area contributed by atoms with Crippen molar-refractivity contribution in [3.8, 4) is 0 Å². The molecule has 25 heavy (non-hydrogen) atoms. The van der Waals surface area contributed by atoms with Gasteiger partial charge >= 0.3 is 0 Å². The van der Waals surface area contributed by atoms with Gasteiger partial charge in [0.1, 0.15) is 12.3 Å². The van der Waals surface area contributed by atoms with E-state index in [1.165, 1.54) is 43.0 Å². The number of allylic oxidation sites excluding steroid dienone is 1. The van der Waals surface area contributed by atoms with Gasteiger partial charge in [-0.1, -0.05) is 23.4 Å². The van der Waals surface area contributed by atoms with Crippen LogP contribution in [0.3, 0.4) is 0 Å². The number of hydrogen-bond acceptors (Lipinski definition) is 6. The number of thioether (sulfide) groups is 1. The maximum atomic E-state index is 12.3. The lowest BCUT2D eigenvalue weighted by Gasteiger charge is -2.14. The predicted octanol–water partition coefficient (Wildman–Crippen LogP) is 2.80. The second-order valence-electron chi connectivity index (χ2n) is 6.11. The van der Waals surface area contributed by atoms with Crippen LogP contribution in [0.1, 0.15) is 44.8 Å². The summed E-state index contributed by atoms with van der Waals surface area (Å²) < 4.78 is 6.95. The summed E-state index contributed by atoms with van der Waals surface area (Å²) in [5.74, 6) is 0.779. The molecular weight excluding hydrogens is 338 g/mol. The first-order valence-electron chi connectivity index (χ1n) is 8.63. The Balaban J connectivity index is 1.46. The molecule has 7 nitrogen and oxygen atoms in total. The number of aromatic nitrogens is 4. The molecule has 3 rings (SSSR count). The SMILES string of the molecule is CC(Sc1nnnn1Cc1ccco1)C(=O)NCCC1=CCCCC1. The first-order chi connectivity index (χ1) is 12.2. The molecule has 0 aliphatic heterocycles. The van der Waals surface area contributed by atoms with Crippen molar-refractivity contribution in [3.63, 3.8) is 0 Å². The number of amides is 1. The van der Waals surface area contributed by atoms with Crippen LogP contribution in [0.25, 0.3) is 0 Å². The normalized spacial score (nSPS) is 15.6. The first kappa shape index (κ1) is 17.7. The molecule has 0 saturated carbocycles. The van der Waals surface area contributed by atoms with Crippen LogP contribution in [-0.2, 0) is 11.3 Å². The van der Waals surface area contributed by atoms with Crippen LogP contribution in [0, 0.1) is 0 Å². The third-order valence-electron chi connectivity index (χ3n) is 4.17. The van der Waals surface area contributed by atoms with Gasteiger partial charge in [0.2, 0.25) is 11.1 Å². The Morgan fingerprint density at radius 2 is 2.40 bits per heavy atom. The van der Waals surface area contributed by atoms with Crippen LogP contribution in [0.15, 0.2) is 39.6 Å². The Morgan fingerprint density at radius 3 is 3.16 bits per heavy atom. The summed E-state index contributed by atoms with van der Waals surface area (Å²) in [6.07, 6.45) is 9.77. The highest BCUT2D eigenvalue weighted by atomic mass is 32.2. The molecule has 0 saturated heterocycles. The quantitative estimate of drug-likeness (QED) is 0.575. The first-order valence-corrected chi connectivity index (χ1v) is 9.51. The predicted molar refractivity (Wildman–Crippen MR) is 95.1 cm³/mol. The van der Waals surface area contributed by atoms with Gasteiger partial charge in [-0.05, 0) is 61.6 Å². The van der Waals surface area contributed by atoms with Crippen molar-refractivity contribution in [3.05, 3.63) is 35.8 Å². The monoisotopic (exact) mass is 361 g/mol. The fraction of sp³-hybridized carbons (Fsp3) is 0.529. The summed E-state index contributed by atoms with van der Waals surface area (Å²) in [7, 11) is 0. The third-order valence-corrected chi connectivity index (χ3v) is 5.24. The number of furan rings is 1. The Bertz CT molecular complexity index is 710. The molecule has 0 aromatic carbocycles. The van der Waals surface area contributed by atoms with Crippen molar-refractivity contribution in [2.24, 2.45) is 0 Å². The van der Waals surface area contributed by atoms with E-state index in [1.807, 2.05) is 19.1 Å². The summed E-state index contributed by atoms with van der Waals surface area (Å²) in [6.45, 7) is 3.00. The van der Waals surface area contributed by atoms with E-state index in [-0.39, 0.29) is 11.2 Å². The molecule has 1 N–H and O–H groups in total. The lowest BCUT2D eigenvalue weighted by atomic mass is 9.97. The van der Waals surface area contributed by atoms with Gasteiger partial charge in [0.05, 0.1) is 11.5 Å². The molecule has 0 radical (unpaired) electrons. The maximum absolute atomic E-state index is 12.3. The van der Waals surface area contributed by atoms with Gasteiger partial charge in [0.25, 0.3) is 0 Å². The highest BCUT2D eigenvalue weighted by Gasteiger charge is 2.19. The summed E-state index contributed by atoms with van der Waals surface area (Å²) in [5, 5.41) is 15.0. The molecule has 1 aliphatic rings. The lowest BCUT2D eigenvalue weighted by molar-refractivity contribution is -0.120. The van der Waals surface area contributed by atoms with E-state index in [1.54, 1.807) is 10.9 Å². The average Bonchev–Trinajstić information content (AvgIpc) is 3.29. The zero-order valence-corrected chi connectivity index (χ0v) is 15.2. The number of hydrogen-bond donors (Lipinski definition) is 1. The van der Waals surface area contributed by atoms with E-state index in [0.717, 1.165) is 12.2 Å². The average molecular weight is 361 g/mol. The molecule has 2 aromatic rings. The van der Waals surface area contributed by atoms with E-state index in [2.05, 4.69) is 26.9 Å². The second kappa shape index (κ2) is 8.84. The van der Waals surface area contributed by atoms with Crippen LogP contribution in [-0.4, -0.2) is 37.9 Å². The fourth-order valence-electron chi connectivity index (χ4n) is 2.76. The smallest absolute Gasteiger partial charge is 0.233 e. The summed E-state index contributed by atoms with van der Waals surface area (Å²) >= 11 is 1.35. The van der Waals surface area contributed by atoms with Crippen molar-refractivity contribution >= 4 is 17.7 Å². The van der Waals surface area contributed by atoms with E-state index in [9.17, 15) is 4.79 Å². The van der Waals surface area contributed by atoms with Crippen molar-refractivity contribution in [2.45, 2.75) is 56.0 Å². The van der Waals surface area contributed by atoms with E-state index < -0.39 is 0 Å². The third kappa shape index (κ3) is 5.19. The van der Waals surface area contributed by atoms with Crippen LogP contribution in [0.2, 0.25) is 0 Å². The highest BCUT2D eigenvalue weighted by Crippen LogP contribution is 2.22. The van der Waals surface area contributed by atoms with Crippen molar-refractivity contribution in [1.82, 2.24) is 25.5 Å². The highest BCUT2D eigenvalue weighted by molar-refractivity contribution is 8.00. The summed E-state index contributed by atoms with van der Waals surface area (Å²) in [4.78, 5) is 12.3. The fourth-order valence-corrected chi connectivity index (χ4v) is 3.58. The minimum atomic E-state index is -0.262. The van der Waals surface area contributed by atoms with Gasteiger partial charge < -0.3 is 9.73 Å². The second-order valence-corrected chi connectivity index (χ2v) is 7.42. The molecule has 1 atom stereocenters. The zero-order valence-electron chi connectivity index (χ0n) is 14.4. The van der Waals surface area contributed by atoms with E-state index in [0.29, 0.717) is 18.2 Å². The molecule has 1 aliphatic carbocycles. The molecule has 2 aromatic heterocycles. The minimum absolute atomic E-state index is 0.00829. The number of carbonyl (C=O) groups excluding carboxylic acids is 1. The maximum Gasteiger partial charge on any atom is 0.233 e. The Hall–Kier alpha value is -2.09. The van der Waals surface area contributed by atoms with Gasteiger partial charge in [-0.25, -0.2) is 4.68 Å². The number of tetrazole rings is 1. The largest absolute Gasteiger partial charge is 0.467 e. The number of nitrogens with zero attached hydrogens (tertiary/aromatic N) is 4. The van der Waals surface area contributed by atoms with Crippen LogP contribution in [0.5, 0.6) is 0 Å². The molecule has 0 spiro atoms. The molecular formula is C17H23N5O2S. The molecule has 1 unspecified atom stereocenters. The zero-order chi connectivity index (χ0) is 17.5. The van der Waals surface area contributed by atoms with Crippen molar-refractivity contribution in [2.75, 3.05) is 6.54 Å². The van der Waals surface area contributed by atoms with E-state index in [4.69, 9.17) is 4.42 Å². The number of nitrogens with one attached hydrogen (secondary N) is 1. The summed E-state index contributed by atoms with van der Waals surface area (Å²) in [6, 6.07) is 3.69. The molecule has 2 heterocycles. The minimum Gasteiger partial charge on any atom is -0.467 e.